The van der Waals surface area contributed by atoms with E-state index < -0.39 is 5.97 Å². The van der Waals surface area contributed by atoms with Crippen molar-refractivity contribution in [2.45, 2.75) is 71.3 Å². The average Bonchev–Trinajstić information content (AvgIpc) is 2.85. The number of aliphatic hydroxyl groups excluding tert-OH is 1. The minimum Gasteiger partial charge on any atom is -0.481 e. The first-order valence-electron chi connectivity index (χ1n) is 9.46. The molecule has 128 valence electrons. The highest BCUT2D eigenvalue weighted by Crippen LogP contribution is 2.66. The van der Waals surface area contributed by atoms with Gasteiger partial charge in [-0.3, -0.25) is 4.79 Å². The molecule has 0 aliphatic heterocycles. The van der Waals surface area contributed by atoms with Crippen LogP contribution in [0.4, 0.5) is 0 Å². The van der Waals surface area contributed by atoms with Gasteiger partial charge in [0.2, 0.25) is 0 Å². The molecule has 3 heteroatoms. The van der Waals surface area contributed by atoms with Gasteiger partial charge in [-0.1, -0.05) is 25.5 Å². The summed E-state index contributed by atoms with van der Waals surface area (Å²) in [6, 6.07) is 0. The molecule has 0 aromatic rings. The number of aliphatic carboxylic acids is 1. The molecule has 0 heterocycles. The third-order valence-corrected chi connectivity index (χ3v) is 8.38. The van der Waals surface area contributed by atoms with Gasteiger partial charge < -0.3 is 10.2 Å². The minimum atomic E-state index is -0.576. The van der Waals surface area contributed by atoms with E-state index in [1.165, 1.54) is 12.0 Å². The van der Waals surface area contributed by atoms with Crippen LogP contribution in [-0.2, 0) is 4.79 Å². The fraction of sp³-hybridized carbons (Fsp3) is 0.850. The van der Waals surface area contributed by atoms with Crippen molar-refractivity contribution in [1.82, 2.24) is 0 Å². The average molecular weight is 318 g/mol. The van der Waals surface area contributed by atoms with Crippen LogP contribution < -0.4 is 0 Å². The summed E-state index contributed by atoms with van der Waals surface area (Å²) in [6.07, 6.45) is 10.5. The van der Waals surface area contributed by atoms with Crippen LogP contribution in [0.25, 0.3) is 0 Å². The molecule has 0 aromatic carbocycles. The monoisotopic (exact) mass is 318 g/mol. The minimum absolute atomic E-state index is 0.00286. The molecule has 0 amide bonds. The second-order valence-electron chi connectivity index (χ2n) is 9.17. The zero-order chi connectivity index (χ0) is 16.4. The van der Waals surface area contributed by atoms with Crippen molar-refractivity contribution in [3.63, 3.8) is 0 Å². The van der Waals surface area contributed by atoms with Crippen LogP contribution in [0.2, 0.25) is 0 Å². The highest BCUT2D eigenvalue weighted by atomic mass is 16.4. The van der Waals surface area contributed by atoms with Gasteiger partial charge >= 0.3 is 5.97 Å². The van der Waals surface area contributed by atoms with Gasteiger partial charge in [0.25, 0.3) is 0 Å². The highest BCUT2D eigenvalue weighted by molar-refractivity contribution is 5.71. The first-order chi connectivity index (χ1) is 10.9. The molecule has 0 radical (unpaired) electrons. The molecule has 3 fully saturated rings. The van der Waals surface area contributed by atoms with Crippen molar-refractivity contribution in [3.05, 3.63) is 11.6 Å². The lowest BCUT2D eigenvalue weighted by Gasteiger charge is -2.57. The maximum absolute atomic E-state index is 11.7. The van der Waals surface area contributed by atoms with Gasteiger partial charge in [-0.15, -0.1) is 0 Å². The van der Waals surface area contributed by atoms with Crippen LogP contribution in [0.1, 0.15) is 65.2 Å². The molecule has 7 atom stereocenters. The summed E-state index contributed by atoms with van der Waals surface area (Å²) in [5, 5.41) is 19.7. The number of allylic oxidation sites excluding steroid dienone is 1. The Bertz CT molecular complexity index is 553. The van der Waals surface area contributed by atoms with Crippen LogP contribution in [0.3, 0.4) is 0 Å². The number of fused-ring (bicyclic) bond motifs is 5. The smallest absolute Gasteiger partial charge is 0.307 e. The number of carbonyl (C=O) groups is 1. The Morgan fingerprint density at radius 1 is 1.13 bits per heavy atom. The van der Waals surface area contributed by atoms with Crippen molar-refractivity contribution in [1.29, 1.82) is 0 Å². The molecule has 23 heavy (non-hydrogen) atoms. The molecule has 2 N–H and O–H groups in total. The lowest BCUT2D eigenvalue weighted by Crippen LogP contribution is -2.51. The lowest BCUT2D eigenvalue weighted by molar-refractivity contribution is -0.148. The number of carboxylic acids is 1. The molecule has 3 saturated carbocycles. The molecule has 0 spiro atoms. The largest absolute Gasteiger partial charge is 0.481 e. The summed E-state index contributed by atoms with van der Waals surface area (Å²) in [5.41, 5.74) is 1.75. The lowest BCUT2D eigenvalue weighted by atomic mass is 9.47. The third kappa shape index (κ3) is 2.08. The molecule has 0 saturated heterocycles. The Morgan fingerprint density at radius 2 is 1.91 bits per heavy atom. The maximum atomic E-state index is 11.7. The number of rotatable bonds is 1. The van der Waals surface area contributed by atoms with Crippen molar-refractivity contribution < 1.29 is 15.0 Å². The molecular weight excluding hydrogens is 288 g/mol. The first-order valence-corrected chi connectivity index (χ1v) is 9.46. The standard InChI is InChI=1S/C20H30O3/c1-19-9-7-13(21)11-12(19)3-4-14-15-5-6-17(18(22)23)20(15,2)10-8-16(14)19/h3,13-17,21H,4-11H2,1-2H3,(H,22,23)/t13?,14-,15-,16-,17+,19-,20-/m0/s1. The van der Waals surface area contributed by atoms with E-state index in [0.717, 1.165) is 44.9 Å². The molecule has 4 aliphatic rings. The molecular formula is C20H30O3. The van der Waals surface area contributed by atoms with Gasteiger partial charge in [-0.05, 0) is 80.0 Å². The maximum Gasteiger partial charge on any atom is 0.307 e. The number of carboxylic acid groups (broad SMARTS) is 1. The van der Waals surface area contributed by atoms with Gasteiger partial charge in [0, 0.05) is 0 Å². The Balaban J connectivity index is 1.66. The van der Waals surface area contributed by atoms with Gasteiger partial charge in [0.1, 0.15) is 0 Å². The molecule has 1 unspecified atom stereocenters. The number of hydrogen-bond acceptors (Lipinski definition) is 2. The van der Waals surface area contributed by atoms with Crippen LogP contribution in [-0.4, -0.2) is 22.3 Å². The Hall–Kier alpha value is -0.830. The second kappa shape index (κ2) is 5.08. The van der Waals surface area contributed by atoms with Crippen LogP contribution in [0.5, 0.6) is 0 Å². The van der Waals surface area contributed by atoms with Gasteiger partial charge in [-0.2, -0.15) is 0 Å². The van der Waals surface area contributed by atoms with E-state index in [4.69, 9.17) is 0 Å². The second-order valence-corrected chi connectivity index (χ2v) is 9.17. The predicted molar refractivity (Wildman–Crippen MR) is 88.8 cm³/mol. The predicted octanol–water partition coefficient (Wildman–Crippen LogP) is 4.01. The molecule has 0 bridgehead atoms. The van der Waals surface area contributed by atoms with Gasteiger partial charge in [0.15, 0.2) is 0 Å². The van der Waals surface area contributed by atoms with Gasteiger partial charge in [0.05, 0.1) is 12.0 Å². The van der Waals surface area contributed by atoms with Crippen LogP contribution >= 0.6 is 0 Å². The zero-order valence-electron chi connectivity index (χ0n) is 14.4. The number of hydrogen-bond donors (Lipinski definition) is 2. The van der Waals surface area contributed by atoms with Crippen molar-refractivity contribution in [2.75, 3.05) is 0 Å². The summed E-state index contributed by atoms with van der Waals surface area (Å²) >= 11 is 0. The summed E-state index contributed by atoms with van der Waals surface area (Å²) < 4.78 is 0. The van der Waals surface area contributed by atoms with Crippen LogP contribution in [0, 0.1) is 34.5 Å². The van der Waals surface area contributed by atoms with E-state index in [9.17, 15) is 15.0 Å². The van der Waals surface area contributed by atoms with E-state index in [1.807, 2.05) is 0 Å². The topological polar surface area (TPSA) is 57.5 Å². The fourth-order valence-corrected chi connectivity index (χ4v) is 7.05. The summed E-state index contributed by atoms with van der Waals surface area (Å²) in [7, 11) is 0. The van der Waals surface area contributed by atoms with Crippen molar-refractivity contribution in [2.24, 2.45) is 34.5 Å². The van der Waals surface area contributed by atoms with Crippen molar-refractivity contribution >= 4 is 5.97 Å². The van der Waals surface area contributed by atoms with Gasteiger partial charge in [-0.25, -0.2) is 0 Å². The molecule has 3 nitrogen and oxygen atoms in total. The SMILES string of the molecule is C[C@]12CC[C@H]3[C@@H](CC=C4CC(O)CC[C@@]43C)[C@@H]1CC[C@@H]2C(=O)O. The van der Waals surface area contributed by atoms with Crippen LogP contribution in [0.15, 0.2) is 11.6 Å². The normalized spacial score (nSPS) is 52.1. The fourth-order valence-electron chi connectivity index (χ4n) is 7.05. The highest BCUT2D eigenvalue weighted by Gasteiger charge is 2.59. The molecule has 0 aromatic heterocycles. The summed E-state index contributed by atoms with van der Waals surface area (Å²) in [5.74, 6) is 1.21. The number of aliphatic hydroxyl groups is 1. The van der Waals surface area contributed by atoms with E-state index in [2.05, 4.69) is 19.9 Å². The molecule has 4 rings (SSSR count). The Labute approximate surface area is 139 Å². The van der Waals surface area contributed by atoms with E-state index in [0.29, 0.717) is 17.8 Å². The summed E-state index contributed by atoms with van der Waals surface area (Å²) in [6.45, 7) is 4.68. The van der Waals surface area contributed by atoms with E-state index in [1.54, 1.807) is 0 Å². The van der Waals surface area contributed by atoms with Crippen molar-refractivity contribution in [3.8, 4) is 0 Å². The Morgan fingerprint density at radius 3 is 2.65 bits per heavy atom. The third-order valence-electron chi connectivity index (χ3n) is 8.38. The Kier molecular flexibility index (Phi) is 3.46. The summed E-state index contributed by atoms with van der Waals surface area (Å²) in [4.78, 5) is 11.7. The first kappa shape index (κ1) is 15.7. The quantitative estimate of drug-likeness (QED) is 0.718. The van der Waals surface area contributed by atoms with E-state index >= 15 is 0 Å². The zero-order valence-corrected chi connectivity index (χ0v) is 14.4. The van der Waals surface area contributed by atoms with E-state index in [-0.39, 0.29) is 22.9 Å². The molecule has 4 aliphatic carbocycles.